The lowest BCUT2D eigenvalue weighted by molar-refractivity contribution is 1.04. The van der Waals surface area contributed by atoms with Gasteiger partial charge in [-0.1, -0.05) is 29.5 Å². The average molecular weight is 254 g/mol. The van der Waals surface area contributed by atoms with Crippen molar-refractivity contribution in [1.82, 2.24) is 5.43 Å². The number of amidine groups is 1. The Kier molecular flexibility index (Phi) is 5.07. The Morgan fingerprint density at radius 3 is 2.56 bits per heavy atom. The van der Waals surface area contributed by atoms with Gasteiger partial charge in [-0.25, -0.2) is 0 Å². The van der Waals surface area contributed by atoms with E-state index in [1.807, 2.05) is 37.4 Å². The number of thioether (sulfide) groups is 1. The van der Waals surface area contributed by atoms with Crippen molar-refractivity contribution < 1.29 is 0 Å². The standard InChI is InChI=1S/C10H14N4S2/c1-7-3-5-8(6-4-7)12-10(15)14-13-9(11)16-2/h3-6H,1-2H3,(H2,11,13)(H2,12,14,15). The highest BCUT2D eigenvalue weighted by Gasteiger charge is 1.96. The molecule has 0 saturated heterocycles. The van der Waals surface area contributed by atoms with Crippen molar-refractivity contribution in [2.24, 2.45) is 10.8 Å². The monoisotopic (exact) mass is 254 g/mol. The molecule has 0 atom stereocenters. The zero-order valence-corrected chi connectivity index (χ0v) is 10.8. The minimum Gasteiger partial charge on any atom is -0.377 e. The van der Waals surface area contributed by atoms with Gasteiger partial charge in [0.1, 0.15) is 0 Å². The molecule has 0 aliphatic carbocycles. The zero-order chi connectivity index (χ0) is 12.0. The van der Waals surface area contributed by atoms with Gasteiger partial charge in [0.25, 0.3) is 0 Å². The van der Waals surface area contributed by atoms with E-state index in [9.17, 15) is 0 Å². The molecule has 6 heteroatoms. The van der Waals surface area contributed by atoms with Crippen LogP contribution in [0.1, 0.15) is 5.56 Å². The third-order valence-corrected chi connectivity index (χ3v) is 2.49. The van der Waals surface area contributed by atoms with Crippen LogP contribution in [0.2, 0.25) is 0 Å². The smallest absolute Gasteiger partial charge is 0.191 e. The van der Waals surface area contributed by atoms with Gasteiger partial charge in [0, 0.05) is 5.69 Å². The zero-order valence-electron chi connectivity index (χ0n) is 9.15. The fraction of sp³-hybridized carbons (Fsp3) is 0.200. The topological polar surface area (TPSA) is 62.4 Å². The van der Waals surface area contributed by atoms with Crippen LogP contribution >= 0.6 is 24.0 Å². The van der Waals surface area contributed by atoms with Crippen LogP contribution in [0.25, 0.3) is 0 Å². The van der Waals surface area contributed by atoms with Crippen molar-refractivity contribution in [3.63, 3.8) is 0 Å². The van der Waals surface area contributed by atoms with E-state index in [-0.39, 0.29) is 0 Å². The number of nitrogens with zero attached hydrogens (tertiary/aromatic N) is 1. The molecule has 4 nitrogen and oxygen atoms in total. The first-order valence-electron chi connectivity index (χ1n) is 4.62. The molecule has 16 heavy (non-hydrogen) atoms. The molecule has 0 radical (unpaired) electrons. The molecule has 0 bridgehead atoms. The van der Waals surface area contributed by atoms with Crippen molar-refractivity contribution in [3.05, 3.63) is 29.8 Å². The lowest BCUT2D eigenvalue weighted by Gasteiger charge is -2.07. The molecule has 0 aliphatic heterocycles. The van der Waals surface area contributed by atoms with Crippen molar-refractivity contribution in [1.29, 1.82) is 0 Å². The molecule has 1 aromatic rings. The molecule has 0 spiro atoms. The summed E-state index contributed by atoms with van der Waals surface area (Å²) in [5.41, 5.74) is 10.3. The number of thiocarbonyl (C=S) groups is 1. The van der Waals surface area contributed by atoms with Gasteiger partial charge in [-0.15, -0.1) is 5.10 Å². The fourth-order valence-corrected chi connectivity index (χ4v) is 1.25. The Morgan fingerprint density at radius 2 is 2.00 bits per heavy atom. The Hall–Kier alpha value is -1.27. The minimum atomic E-state index is 0.417. The van der Waals surface area contributed by atoms with Crippen LogP contribution in [-0.2, 0) is 0 Å². The highest BCUT2D eigenvalue weighted by Crippen LogP contribution is 2.08. The van der Waals surface area contributed by atoms with E-state index in [2.05, 4.69) is 15.8 Å². The van der Waals surface area contributed by atoms with E-state index in [0.717, 1.165) is 5.69 Å². The second-order valence-electron chi connectivity index (χ2n) is 3.09. The number of hydrazone groups is 1. The number of aryl methyl sites for hydroxylation is 1. The van der Waals surface area contributed by atoms with E-state index in [1.165, 1.54) is 17.3 Å². The summed E-state index contributed by atoms with van der Waals surface area (Å²) in [4.78, 5) is 0. The predicted molar refractivity (Wildman–Crippen MR) is 75.7 cm³/mol. The summed E-state index contributed by atoms with van der Waals surface area (Å²) < 4.78 is 0. The first-order chi connectivity index (χ1) is 7.61. The van der Waals surface area contributed by atoms with E-state index >= 15 is 0 Å². The maximum atomic E-state index is 5.50. The molecule has 0 amide bonds. The molecule has 0 heterocycles. The van der Waals surface area contributed by atoms with Crippen LogP contribution in [-0.4, -0.2) is 16.5 Å². The number of hydrogen-bond donors (Lipinski definition) is 3. The maximum Gasteiger partial charge on any atom is 0.191 e. The number of hydrogen-bond acceptors (Lipinski definition) is 3. The third-order valence-electron chi connectivity index (χ3n) is 1.79. The van der Waals surface area contributed by atoms with Gasteiger partial charge in [0.2, 0.25) is 0 Å². The Balaban J connectivity index is 2.49. The fourth-order valence-electron chi connectivity index (χ4n) is 0.947. The van der Waals surface area contributed by atoms with E-state index < -0.39 is 0 Å². The number of benzene rings is 1. The summed E-state index contributed by atoms with van der Waals surface area (Å²) in [6.07, 6.45) is 1.84. The SMILES string of the molecule is CS/C(N)=N/NC(=S)Nc1ccc(C)cc1. The van der Waals surface area contributed by atoms with Crippen molar-refractivity contribution in [2.75, 3.05) is 11.6 Å². The molecule has 86 valence electrons. The first-order valence-corrected chi connectivity index (χ1v) is 6.26. The highest BCUT2D eigenvalue weighted by molar-refractivity contribution is 8.13. The normalized spacial score (nSPS) is 11.0. The van der Waals surface area contributed by atoms with E-state index in [4.69, 9.17) is 18.0 Å². The van der Waals surface area contributed by atoms with Gasteiger partial charge < -0.3 is 11.1 Å². The molecular formula is C10H14N4S2. The Labute approximate surface area is 105 Å². The third kappa shape index (κ3) is 4.50. The number of nitrogens with one attached hydrogen (secondary N) is 2. The Morgan fingerprint density at radius 1 is 1.38 bits per heavy atom. The molecule has 0 aromatic heterocycles. The van der Waals surface area contributed by atoms with Crippen molar-refractivity contribution in [2.45, 2.75) is 6.92 Å². The molecule has 0 unspecified atom stereocenters. The molecule has 0 saturated carbocycles. The van der Waals surface area contributed by atoms with Crippen molar-refractivity contribution >= 4 is 39.9 Å². The number of rotatable bonds is 2. The number of anilines is 1. The molecule has 4 N–H and O–H groups in total. The first kappa shape index (κ1) is 12.8. The average Bonchev–Trinajstić information content (AvgIpc) is 2.29. The van der Waals surface area contributed by atoms with Crippen molar-refractivity contribution in [3.8, 4) is 0 Å². The molecule has 0 fully saturated rings. The van der Waals surface area contributed by atoms with Gasteiger partial charge in [-0.05, 0) is 37.5 Å². The quantitative estimate of drug-likeness (QED) is 0.325. The van der Waals surface area contributed by atoms with Gasteiger partial charge in [-0.2, -0.15) is 0 Å². The molecule has 0 aliphatic rings. The largest absolute Gasteiger partial charge is 0.377 e. The van der Waals surface area contributed by atoms with Crippen LogP contribution in [0.3, 0.4) is 0 Å². The van der Waals surface area contributed by atoms with Crippen LogP contribution < -0.4 is 16.5 Å². The number of nitrogens with two attached hydrogens (primary N) is 1. The van der Waals surface area contributed by atoms with Crippen LogP contribution in [0, 0.1) is 6.92 Å². The minimum absolute atomic E-state index is 0.417. The highest BCUT2D eigenvalue weighted by atomic mass is 32.2. The summed E-state index contributed by atoms with van der Waals surface area (Å²) in [5, 5.41) is 7.71. The molecular weight excluding hydrogens is 240 g/mol. The summed E-state index contributed by atoms with van der Waals surface area (Å²) in [5.74, 6) is 0. The summed E-state index contributed by atoms with van der Waals surface area (Å²) in [6, 6.07) is 7.91. The van der Waals surface area contributed by atoms with E-state index in [0.29, 0.717) is 10.3 Å². The lowest BCUT2D eigenvalue weighted by Crippen LogP contribution is -2.26. The summed E-state index contributed by atoms with van der Waals surface area (Å²) in [7, 11) is 0. The molecule has 1 rings (SSSR count). The van der Waals surface area contributed by atoms with Gasteiger partial charge >= 0.3 is 0 Å². The second kappa shape index (κ2) is 6.34. The lowest BCUT2D eigenvalue weighted by atomic mass is 10.2. The predicted octanol–water partition coefficient (Wildman–Crippen LogP) is 1.87. The Bertz CT molecular complexity index is 386. The van der Waals surface area contributed by atoms with Crippen LogP contribution in [0.4, 0.5) is 5.69 Å². The van der Waals surface area contributed by atoms with Gasteiger partial charge in [0.15, 0.2) is 10.3 Å². The van der Waals surface area contributed by atoms with Gasteiger partial charge in [0.05, 0.1) is 0 Å². The van der Waals surface area contributed by atoms with E-state index in [1.54, 1.807) is 0 Å². The maximum absolute atomic E-state index is 5.50. The van der Waals surface area contributed by atoms with Crippen LogP contribution in [0.15, 0.2) is 29.4 Å². The summed E-state index contributed by atoms with van der Waals surface area (Å²) >= 11 is 6.39. The summed E-state index contributed by atoms with van der Waals surface area (Å²) in [6.45, 7) is 2.03. The molecule has 1 aromatic carbocycles. The van der Waals surface area contributed by atoms with Crippen LogP contribution in [0.5, 0.6) is 0 Å². The second-order valence-corrected chi connectivity index (χ2v) is 4.32. The van der Waals surface area contributed by atoms with Gasteiger partial charge in [-0.3, -0.25) is 5.43 Å².